The Morgan fingerprint density at radius 3 is 2.39 bits per heavy atom. The molecule has 0 saturated carbocycles. The average Bonchev–Trinajstić information content (AvgIpc) is 2.89. The lowest BCUT2D eigenvalue weighted by Gasteiger charge is -2.12. The smallest absolute Gasteiger partial charge is 0.449 e. The molecule has 1 heterocycles. The van der Waals surface area contributed by atoms with Gasteiger partial charge in [0, 0.05) is 0 Å². The van der Waals surface area contributed by atoms with Gasteiger partial charge in [-0.25, -0.2) is 9.37 Å². The first kappa shape index (κ1) is 15.3. The van der Waals surface area contributed by atoms with Crippen molar-refractivity contribution in [1.29, 1.82) is 0 Å². The maximum absolute atomic E-state index is 13.1. The van der Waals surface area contributed by atoms with Crippen LogP contribution >= 0.6 is 0 Å². The highest BCUT2D eigenvalue weighted by atomic mass is 19.4. The summed E-state index contributed by atoms with van der Waals surface area (Å²) in [6, 6.07) is 11.7. The summed E-state index contributed by atoms with van der Waals surface area (Å²) in [6.07, 6.45) is -4.55. The topological polar surface area (TPSA) is 27.1 Å². The van der Waals surface area contributed by atoms with Crippen LogP contribution in [-0.4, -0.2) is 16.2 Å². The molecule has 0 atom stereocenters. The van der Waals surface area contributed by atoms with Gasteiger partial charge in [-0.05, 0) is 36.4 Å². The number of ether oxygens (including phenoxy) is 1. The fourth-order valence-corrected chi connectivity index (χ4v) is 2.30. The Bertz CT molecular complexity index is 809. The van der Waals surface area contributed by atoms with Gasteiger partial charge in [-0.1, -0.05) is 12.1 Å². The van der Waals surface area contributed by atoms with E-state index in [9.17, 15) is 17.6 Å². The number of rotatable bonds is 4. The molecule has 2 aromatic carbocycles. The molecule has 0 bridgehead atoms. The first-order chi connectivity index (χ1) is 10.9. The summed E-state index contributed by atoms with van der Waals surface area (Å²) in [5.74, 6) is -0.969. The minimum Gasteiger partial charge on any atom is -0.492 e. The third-order valence-corrected chi connectivity index (χ3v) is 3.31. The quantitative estimate of drug-likeness (QED) is 0.670. The highest BCUT2D eigenvalue weighted by molar-refractivity contribution is 5.76. The van der Waals surface area contributed by atoms with E-state index in [1.807, 2.05) is 0 Å². The number of alkyl halides is 3. The van der Waals surface area contributed by atoms with Crippen molar-refractivity contribution in [2.24, 2.45) is 0 Å². The van der Waals surface area contributed by atoms with Gasteiger partial charge in [0.1, 0.15) is 18.2 Å². The predicted molar refractivity (Wildman–Crippen MR) is 76.6 cm³/mol. The van der Waals surface area contributed by atoms with Crippen molar-refractivity contribution < 1.29 is 22.3 Å². The molecule has 23 heavy (non-hydrogen) atoms. The Morgan fingerprint density at radius 1 is 1.00 bits per heavy atom. The second kappa shape index (κ2) is 5.91. The van der Waals surface area contributed by atoms with Gasteiger partial charge in [-0.2, -0.15) is 13.2 Å². The standard InChI is InChI=1S/C16H12F4N2O/c17-11-5-7-12(8-6-11)23-10-9-22-14-4-2-1-3-13(14)21-15(22)16(18,19)20/h1-8H,9-10H2. The van der Waals surface area contributed by atoms with Crippen molar-refractivity contribution in [2.75, 3.05) is 6.61 Å². The van der Waals surface area contributed by atoms with E-state index in [4.69, 9.17) is 4.74 Å². The summed E-state index contributed by atoms with van der Waals surface area (Å²) in [5.41, 5.74) is 0.670. The number of hydrogen-bond acceptors (Lipinski definition) is 2. The fraction of sp³-hybridized carbons (Fsp3) is 0.188. The molecule has 0 saturated heterocycles. The summed E-state index contributed by atoms with van der Waals surface area (Å²) in [5, 5.41) is 0. The molecule has 120 valence electrons. The zero-order chi connectivity index (χ0) is 16.4. The second-order valence-electron chi connectivity index (χ2n) is 4.88. The number of halogens is 4. The Kier molecular flexibility index (Phi) is 3.94. The number of imidazole rings is 1. The van der Waals surface area contributed by atoms with E-state index >= 15 is 0 Å². The summed E-state index contributed by atoms with van der Waals surface area (Å²) in [7, 11) is 0. The lowest BCUT2D eigenvalue weighted by Crippen LogP contribution is -2.18. The SMILES string of the molecule is Fc1ccc(OCCn2c(C(F)(F)F)nc3ccccc32)cc1. The van der Waals surface area contributed by atoms with E-state index in [1.54, 1.807) is 18.2 Å². The van der Waals surface area contributed by atoms with Crippen molar-refractivity contribution in [3.8, 4) is 5.75 Å². The van der Waals surface area contributed by atoms with E-state index in [-0.39, 0.29) is 18.7 Å². The van der Waals surface area contributed by atoms with Crippen LogP contribution < -0.4 is 4.74 Å². The minimum atomic E-state index is -4.55. The molecule has 0 fully saturated rings. The van der Waals surface area contributed by atoms with E-state index in [0.29, 0.717) is 11.3 Å². The third kappa shape index (κ3) is 3.28. The molecule has 0 unspecified atom stereocenters. The van der Waals surface area contributed by atoms with Crippen molar-refractivity contribution in [1.82, 2.24) is 9.55 Å². The Labute approximate surface area is 129 Å². The van der Waals surface area contributed by atoms with Gasteiger partial charge in [0.15, 0.2) is 0 Å². The third-order valence-electron chi connectivity index (χ3n) is 3.31. The van der Waals surface area contributed by atoms with Crippen LogP contribution in [0.3, 0.4) is 0 Å². The molecule has 0 amide bonds. The molecule has 3 aromatic rings. The van der Waals surface area contributed by atoms with Crippen LogP contribution in [-0.2, 0) is 12.7 Å². The van der Waals surface area contributed by atoms with Crippen LogP contribution in [0, 0.1) is 5.82 Å². The van der Waals surface area contributed by atoms with E-state index < -0.39 is 17.8 Å². The van der Waals surface area contributed by atoms with Crippen LogP contribution in [0.5, 0.6) is 5.75 Å². The molecule has 0 aliphatic rings. The lowest BCUT2D eigenvalue weighted by atomic mass is 10.3. The van der Waals surface area contributed by atoms with Gasteiger partial charge in [0.05, 0.1) is 17.6 Å². The first-order valence-corrected chi connectivity index (χ1v) is 6.86. The van der Waals surface area contributed by atoms with Crippen LogP contribution in [0.15, 0.2) is 48.5 Å². The van der Waals surface area contributed by atoms with E-state index in [0.717, 1.165) is 4.57 Å². The van der Waals surface area contributed by atoms with Crippen molar-refractivity contribution >= 4 is 11.0 Å². The molecule has 0 radical (unpaired) electrons. The highest BCUT2D eigenvalue weighted by Crippen LogP contribution is 2.31. The normalized spacial score (nSPS) is 11.8. The number of benzene rings is 2. The molecular weight excluding hydrogens is 312 g/mol. The van der Waals surface area contributed by atoms with Gasteiger partial charge in [0.25, 0.3) is 0 Å². The average molecular weight is 324 g/mol. The summed E-state index contributed by atoms with van der Waals surface area (Å²) in [4.78, 5) is 3.65. The summed E-state index contributed by atoms with van der Waals surface area (Å²) < 4.78 is 58.6. The van der Waals surface area contributed by atoms with Crippen LogP contribution in [0.2, 0.25) is 0 Å². The van der Waals surface area contributed by atoms with Crippen LogP contribution in [0.25, 0.3) is 11.0 Å². The highest BCUT2D eigenvalue weighted by Gasteiger charge is 2.37. The van der Waals surface area contributed by atoms with Gasteiger partial charge in [-0.3, -0.25) is 0 Å². The minimum absolute atomic E-state index is 0.00899. The van der Waals surface area contributed by atoms with Gasteiger partial charge in [0.2, 0.25) is 5.82 Å². The Hall–Kier alpha value is -2.57. The van der Waals surface area contributed by atoms with Gasteiger partial charge >= 0.3 is 6.18 Å². The lowest BCUT2D eigenvalue weighted by molar-refractivity contribution is -0.147. The number of hydrogen-bond donors (Lipinski definition) is 0. The number of aromatic nitrogens is 2. The number of fused-ring (bicyclic) bond motifs is 1. The summed E-state index contributed by atoms with van der Waals surface area (Å²) >= 11 is 0. The maximum atomic E-state index is 13.1. The molecule has 7 heteroatoms. The van der Waals surface area contributed by atoms with Crippen molar-refractivity contribution in [3.05, 3.63) is 60.2 Å². The first-order valence-electron chi connectivity index (χ1n) is 6.86. The Balaban J connectivity index is 1.82. The predicted octanol–water partition coefficient (Wildman–Crippen LogP) is 4.27. The number of para-hydroxylation sites is 2. The molecule has 3 nitrogen and oxygen atoms in total. The maximum Gasteiger partial charge on any atom is 0.449 e. The monoisotopic (exact) mass is 324 g/mol. The molecule has 1 aromatic heterocycles. The van der Waals surface area contributed by atoms with Crippen molar-refractivity contribution in [2.45, 2.75) is 12.7 Å². The second-order valence-corrected chi connectivity index (χ2v) is 4.88. The summed E-state index contributed by atoms with van der Waals surface area (Å²) in [6.45, 7) is -0.0121. The zero-order valence-electron chi connectivity index (χ0n) is 11.8. The van der Waals surface area contributed by atoms with Gasteiger partial charge in [-0.15, -0.1) is 0 Å². The van der Waals surface area contributed by atoms with Crippen LogP contribution in [0.4, 0.5) is 17.6 Å². The Morgan fingerprint density at radius 2 is 1.70 bits per heavy atom. The van der Waals surface area contributed by atoms with E-state index in [1.165, 1.54) is 30.3 Å². The molecular formula is C16H12F4N2O. The molecule has 0 aliphatic heterocycles. The van der Waals surface area contributed by atoms with Crippen molar-refractivity contribution in [3.63, 3.8) is 0 Å². The van der Waals surface area contributed by atoms with Gasteiger partial charge < -0.3 is 9.30 Å². The molecule has 0 N–H and O–H groups in total. The molecule has 0 spiro atoms. The molecule has 0 aliphatic carbocycles. The van der Waals surface area contributed by atoms with Crippen LogP contribution in [0.1, 0.15) is 5.82 Å². The fourth-order valence-electron chi connectivity index (χ4n) is 2.30. The largest absolute Gasteiger partial charge is 0.492 e. The zero-order valence-corrected chi connectivity index (χ0v) is 11.8. The van der Waals surface area contributed by atoms with E-state index in [2.05, 4.69) is 4.98 Å². The molecule has 3 rings (SSSR count). The number of nitrogens with zero attached hydrogens (tertiary/aromatic N) is 2.